The summed E-state index contributed by atoms with van der Waals surface area (Å²) in [7, 11) is 1.63. The van der Waals surface area contributed by atoms with Gasteiger partial charge in [0.2, 0.25) is 0 Å². The van der Waals surface area contributed by atoms with Crippen LogP contribution in [-0.2, 0) is 6.42 Å². The van der Waals surface area contributed by atoms with Crippen molar-refractivity contribution < 1.29 is 9.53 Å². The number of benzene rings is 1. The molecular formula is C16H13ClN2O2. The van der Waals surface area contributed by atoms with Crippen LogP contribution in [-0.4, -0.2) is 22.8 Å². The Morgan fingerprint density at radius 1 is 1.29 bits per heavy atom. The first kappa shape index (κ1) is 13.6. The molecule has 0 radical (unpaired) electrons. The van der Waals surface area contributed by atoms with Gasteiger partial charge in [-0.25, -0.2) is 4.98 Å². The van der Waals surface area contributed by atoms with Gasteiger partial charge in [0.1, 0.15) is 11.4 Å². The number of aldehydes is 1. The lowest BCUT2D eigenvalue weighted by Crippen LogP contribution is -1.96. The molecule has 0 fully saturated rings. The molecule has 1 aromatic carbocycles. The van der Waals surface area contributed by atoms with Crippen LogP contribution in [0.1, 0.15) is 21.7 Å². The second-order valence-corrected chi connectivity index (χ2v) is 5.04. The molecule has 0 saturated carbocycles. The Bertz CT molecular complexity index is 794. The highest BCUT2D eigenvalue weighted by atomic mass is 35.5. The van der Waals surface area contributed by atoms with Crippen molar-refractivity contribution in [2.75, 3.05) is 7.11 Å². The largest absolute Gasteiger partial charge is 0.497 e. The molecule has 0 spiro atoms. The van der Waals surface area contributed by atoms with Crippen molar-refractivity contribution >= 4 is 23.5 Å². The number of carbonyl (C=O) groups is 1. The second-order valence-electron chi connectivity index (χ2n) is 4.64. The van der Waals surface area contributed by atoms with E-state index >= 15 is 0 Å². The Morgan fingerprint density at radius 2 is 2.05 bits per heavy atom. The van der Waals surface area contributed by atoms with Gasteiger partial charge < -0.3 is 4.74 Å². The summed E-state index contributed by atoms with van der Waals surface area (Å²) in [5.41, 5.74) is 2.90. The van der Waals surface area contributed by atoms with Crippen LogP contribution in [0.3, 0.4) is 0 Å². The van der Waals surface area contributed by atoms with Crippen LogP contribution in [0.25, 0.3) is 5.65 Å². The Morgan fingerprint density at radius 3 is 2.71 bits per heavy atom. The molecule has 0 atom stereocenters. The molecule has 2 heterocycles. The Kier molecular flexibility index (Phi) is 3.62. The highest BCUT2D eigenvalue weighted by molar-refractivity contribution is 6.33. The van der Waals surface area contributed by atoms with Gasteiger partial charge in [0, 0.05) is 12.6 Å². The molecule has 5 heteroatoms. The summed E-state index contributed by atoms with van der Waals surface area (Å²) >= 11 is 6.13. The molecule has 0 aliphatic heterocycles. The van der Waals surface area contributed by atoms with E-state index in [2.05, 4.69) is 4.98 Å². The molecule has 0 bridgehead atoms. The standard InChI is InChI=1S/C16H13ClN2O2/c1-21-12-6-4-11(5-7-12)9-14-15(10-20)19-8-2-3-13(17)16(19)18-14/h2-8,10H,9H2,1H3. The molecule has 0 saturated heterocycles. The summed E-state index contributed by atoms with van der Waals surface area (Å²) in [6.07, 6.45) is 3.17. The Balaban J connectivity index is 2.03. The van der Waals surface area contributed by atoms with Crippen LogP contribution >= 0.6 is 11.6 Å². The summed E-state index contributed by atoms with van der Waals surface area (Å²) in [6, 6.07) is 11.2. The highest BCUT2D eigenvalue weighted by Gasteiger charge is 2.13. The number of fused-ring (bicyclic) bond motifs is 1. The van der Waals surface area contributed by atoms with Crippen LogP contribution in [0, 0.1) is 0 Å². The van der Waals surface area contributed by atoms with E-state index < -0.39 is 0 Å². The zero-order chi connectivity index (χ0) is 14.8. The van der Waals surface area contributed by atoms with Gasteiger partial charge >= 0.3 is 0 Å². The molecule has 21 heavy (non-hydrogen) atoms. The number of aromatic nitrogens is 2. The minimum Gasteiger partial charge on any atom is -0.497 e. The average Bonchev–Trinajstić information content (AvgIpc) is 2.87. The van der Waals surface area contributed by atoms with Gasteiger partial charge in [0.15, 0.2) is 11.9 Å². The maximum absolute atomic E-state index is 11.4. The second kappa shape index (κ2) is 5.58. The van der Waals surface area contributed by atoms with Crippen molar-refractivity contribution in [3.8, 4) is 5.75 Å². The van der Waals surface area contributed by atoms with Gasteiger partial charge in [-0.15, -0.1) is 0 Å². The number of imidazole rings is 1. The average molecular weight is 301 g/mol. The minimum atomic E-state index is 0.529. The van der Waals surface area contributed by atoms with Crippen LogP contribution < -0.4 is 4.74 Å². The van der Waals surface area contributed by atoms with Gasteiger partial charge in [0.05, 0.1) is 17.8 Å². The summed E-state index contributed by atoms with van der Waals surface area (Å²) in [5.74, 6) is 0.799. The first-order valence-electron chi connectivity index (χ1n) is 6.46. The molecule has 3 aromatic rings. The van der Waals surface area contributed by atoms with Crippen LogP contribution in [0.5, 0.6) is 5.75 Å². The van der Waals surface area contributed by atoms with Crippen molar-refractivity contribution in [2.45, 2.75) is 6.42 Å². The number of halogens is 1. The lowest BCUT2D eigenvalue weighted by Gasteiger charge is -2.02. The maximum atomic E-state index is 11.4. The third-order valence-corrected chi connectivity index (χ3v) is 3.65. The maximum Gasteiger partial charge on any atom is 0.168 e. The van der Waals surface area contributed by atoms with E-state index in [4.69, 9.17) is 16.3 Å². The summed E-state index contributed by atoms with van der Waals surface area (Å²) in [6.45, 7) is 0. The topological polar surface area (TPSA) is 43.6 Å². The highest BCUT2D eigenvalue weighted by Crippen LogP contribution is 2.22. The molecule has 0 amide bonds. The van der Waals surface area contributed by atoms with Crippen molar-refractivity contribution in [3.63, 3.8) is 0 Å². The molecule has 3 rings (SSSR count). The molecule has 2 aromatic heterocycles. The molecule has 0 aliphatic rings. The predicted molar refractivity (Wildman–Crippen MR) is 81.4 cm³/mol. The van der Waals surface area contributed by atoms with Crippen molar-refractivity contribution in [1.82, 2.24) is 9.38 Å². The van der Waals surface area contributed by atoms with Gasteiger partial charge in [-0.3, -0.25) is 9.20 Å². The van der Waals surface area contributed by atoms with E-state index in [1.807, 2.05) is 24.3 Å². The van der Waals surface area contributed by atoms with Crippen molar-refractivity contribution in [2.24, 2.45) is 0 Å². The third-order valence-electron chi connectivity index (χ3n) is 3.36. The summed E-state index contributed by atoms with van der Waals surface area (Å²) < 4.78 is 6.85. The quantitative estimate of drug-likeness (QED) is 0.694. The first-order valence-corrected chi connectivity index (χ1v) is 6.84. The fraction of sp³-hybridized carbons (Fsp3) is 0.125. The fourth-order valence-electron chi connectivity index (χ4n) is 2.29. The van der Waals surface area contributed by atoms with Crippen LogP contribution in [0.15, 0.2) is 42.6 Å². The van der Waals surface area contributed by atoms with Gasteiger partial charge in [-0.2, -0.15) is 0 Å². The van der Waals surface area contributed by atoms with E-state index in [0.717, 1.165) is 17.6 Å². The zero-order valence-electron chi connectivity index (χ0n) is 11.4. The zero-order valence-corrected chi connectivity index (χ0v) is 12.2. The van der Waals surface area contributed by atoms with Gasteiger partial charge in [0.25, 0.3) is 0 Å². The molecular weight excluding hydrogens is 288 g/mol. The number of nitrogens with zero attached hydrogens (tertiary/aromatic N) is 2. The number of ether oxygens (including phenoxy) is 1. The molecule has 0 unspecified atom stereocenters. The van der Waals surface area contributed by atoms with E-state index in [-0.39, 0.29) is 0 Å². The monoisotopic (exact) mass is 300 g/mol. The number of pyridine rings is 1. The molecule has 106 valence electrons. The predicted octanol–water partition coefficient (Wildman–Crippen LogP) is 3.40. The number of rotatable bonds is 4. The molecule has 4 nitrogen and oxygen atoms in total. The number of hydrogen-bond acceptors (Lipinski definition) is 3. The lowest BCUT2D eigenvalue weighted by molar-refractivity contribution is 0.111. The minimum absolute atomic E-state index is 0.529. The SMILES string of the molecule is COc1ccc(Cc2nc3c(Cl)cccn3c2C=O)cc1. The summed E-state index contributed by atoms with van der Waals surface area (Å²) in [4.78, 5) is 15.9. The lowest BCUT2D eigenvalue weighted by atomic mass is 10.1. The number of methoxy groups -OCH3 is 1. The smallest absolute Gasteiger partial charge is 0.168 e. The fourth-order valence-corrected chi connectivity index (χ4v) is 2.50. The van der Waals surface area contributed by atoms with E-state index in [1.165, 1.54) is 0 Å². The van der Waals surface area contributed by atoms with E-state index in [0.29, 0.717) is 28.5 Å². The van der Waals surface area contributed by atoms with E-state index in [9.17, 15) is 4.79 Å². The Labute approximate surface area is 126 Å². The van der Waals surface area contributed by atoms with Gasteiger partial charge in [-0.05, 0) is 29.8 Å². The molecule has 0 aliphatic carbocycles. The number of hydrogen-bond donors (Lipinski definition) is 0. The first-order chi connectivity index (χ1) is 10.2. The molecule has 0 N–H and O–H groups in total. The van der Waals surface area contributed by atoms with Crippen molar-refractivity contribution in [3.05, 3.63) is 64.6 Å². The van der Waals surface area contributed by atoms with E-state index in [1.54, 1.807) is 29.8 Å². The van der Waals surface area contributed by atoms with Crippen LogP contribution in [0.2, 0.25) is 5.02 Å². The third kappa shape index (κ3) is 2.50. The summed E-state index contributed by atoms with van der Waals surface area (Å²) in [5, 5.41) is 0.529. The van der Waals surface area contributed by atoms with Crippen LogP contribution in [0.4, 0.5) is 0 Å². The number of carbonyl (C=O) groups excluding carboxylic acids is 1. The normalized spacial score (nSPS) is 10.8. The van der Waals surface area contributed by atoms with Crippen molar-refractivity contribution in [1.29, 1.82) is 0 Å². The van der Waals surface area contributed by atoms with Gasteiger partial charge in [-0.1, -0.05) is 23.7 Å². The Hall–Kier alpha value is -2.33.